The number of benzene rings is 2. The molecule has 0 atom stereocenters. The number of aryl methyl sites for hydroxylation is 3. The Morgan fingerprint density at radius 1 is 1.10 bits per heavy atom. The van der Waals surface area contributed by atoms with E-state index in [1.165, 1.54) is 26.3 Å². The zero-order chi connectivity index (χ0) is 21.8. The fraction of sp³-hybridized carbons (Fsp3) is 0.440. The van der Waals surface area contributed by atoms with Crippen LogP contribution in [-0.4, -0.2) is 40.7 Å². The van der Waals surface area contributed by atoms with E-state index in [0.29, 0.717) is 6.42 Å². The summed E-state index contributed by atoms with van der Waals surface area (Å²) in [6.45, 7) is 7.86. The van der Waals surface area contributed by atoms with Crippen molar-refractivity contribution >= 4 is 39.2 Å². The van der Waals surface area contributed by atoms with Gasteiger partial charge >= 0.3 is 0 Å². The fourth-order valence-electron chi connectivity index (χ4n) is 3.86. The van der Waals surface area contributed by atoms with Gasteiger partial charge in [-0.1, -0.05) is 41.2 Å². The number of amides is 1. The van der Waals surface area contributed by atoms with Crippen molar-refractivity contribution in [3.8, 4) is 5.19 Å². The van der Waals surface area contributed by atoms with Gasteiger partial charge in [0.05, 0.1) is 10.2 Å². The van der Waals surface area contributed by atoms with E-state index in [2.05, 4.69) is 57.2 Å². The van der Waals surface area contributed by atoms with Gasteiger partial charge in [-0.05, 0) is 56.2 Å². The lowest BCUT2D eigenvalue weighted by Gasteiger charge is -2.31. The Labute approximate surface area is 193 Å². The van der Waals surface area contributed by atoms with E-state index < -0.39 is 0 Å². The first-order valence-electron chi connectivity index (χ1n) is 11.0. The number of likely N-dealkylation sites (tertiary alicyclic amines) is 1. The number of nitrogens with zero attached hydrogens (tertiary/aromatic N) is 2. The predicted molar refractivity (Wildman–Crippen MR) is 130 cm³/mol. The summed E-state index contributed by atoms with van der Waals surface area (Å²) >= 11 is 3.46. The summed E-state index contributed by atoms with van der Waals surface area (Å²) in [5.74, 6) is 1.25. The minimum Gasteiger partial charge on any atom is -0.467 e. The van der Waals surface area contributed by atoms with Gasteiger partial charge in [-0.15, -0.1) is 11.8 Å². The van der Waals surface area contributed by atoms with Crippen LogP contribution in [0.4, 0.5) is 0 Å². The SMILES string of the molecule is Cc1ccc(SCCCC(=O)N2CCC(Oc3nc4c(C)ccc(C)c4s3)CC2)cc1. The summed E-state index contributed by atoms with van der Waals surface area (Å²) in [6.07, 6.45) is 3.43. The number of hydrogen-bond donors (Lipinski definition) is 0. The molecule has 1 fully saturated rings. The quantitative estimate of drug-likeness (QED) is 0.316. The highest BCUT2D eigenvalue weighted by atomic mass is 32.2. The number of thioether (sulfide) groups is 1. The second-order valence-corrected chi connectivity index (χ2v) is 10.4. The number of carbonyl (C=O) groups is 1. The topological polar surface area (TPSA) is 42.4 Å². The van der Waals surface area contributed by atoms with E-state index in [-0.39, 0.29) is 12.0 Å². The number of piperidine rings is 1. The second-order valence-electron chi connectivity index (χ2n) is 8.32. The highest BCUT2D eigenvalue weighted by Gasteiger charge is 2.24. The molecular formula is C25H30N2O2S2. The van der Waals surface area contributed by atoms with Gasteiger partial charge in [0.1, 0.15) is 6.10 Å². The number of rotatable bonds is 7. The number of thiazole rings is 1. The van der Waals surface area contributed by atoms with Gasteiger partial charge in [0.2, 0.25) is 5.91 Å². The largest absolute Gasteiger partial charge is 0.467 e. The Morgan fingerprint density at radius 3 is 2.52 bits per heavy atom. The summed E-state index contributed by atoms with van der Waals surface area (Å²) in [7, 11) is 0. The van der Waals surface area contributed by atoms with Crippen molar-refractivity contribution in [1.29, 1.82) is 0 Å². The summed E-state index contributed by atoms with van der Waals surface area (Å²) in [5.41, 5.74) is 4.76. The molecule has 1 saturated heterocycles. The van der Waals surface area contributed by atoms with Crippen LogP contribution in [-0.2, 0) is 4.79 Å². The van der Waals surface area contributed by atoms with E-state index in [9.17, 15) is 4.79 Å². The van der Waals surface area contributed by atoms with Crippen LogP contribution in [0, 0.1) is 20.8 Å². The van der Waals surface area contributed by atoms with Crippen molar-refractivity contribution in [1.82, 2.24) is 9.88 Å². The van der Waals surface area contributed by atoms with E-state index in [4.69, 9.17) is 9.72 Å². The molecule has 1 aromatic heterocycles. The van der Waals surface area contributed by atoms with Gasteiger partial charge < -0.3 is 9.64 Å². The number of fused-ring (bicyclic) bond motifs is 1. The van der Waals surface area contributed by atoms with Gasteiger partial charge in [-0.2, -0.15) is 0 Å². The van der Waals surface area contributed by atoms with Crippen molar-refractivity contribution in [3.05, 3.63) is 53.1 Å². The standard InChI is InChI=1S/C25H30N2O2S2/c1-17-6-10-21(11-7-17)30-16-4-5-22(28)27-14-12-20(13-15-27)29-25-26-23-18(2)8-9-19(3)24(23)31-25/h6-11,20H,4-5,12-16H2,1-3H3. The molecular weight excluding hydrogens is 424 g/mol. The predicted octanol–water partition coefficient (Wildman–Crippen LogP) is 6.16. The molecule has 3 aromatic rings. The molecule has 0 N–H and O–H groups in total. The molecule has 4 nitrogen and oxygen atoms in total. The summed E-state index contributed by atoms with van der Waals surface area (Å²) < 4.78 is 7.41. The molecule has 164 valence electrons. The van der Waals surface area contributed by atoms with Crippen molar-refractivity contribution in [2.45, 2.75) is 57.5 Å². The van der Waals surface area contributed by atoms with Crippen molar-refractivity contribution in [3.63, 3.8) is 0 Å². The van der Waals surface area contributed by atoms with Crippen LogP contribution < -0.4 is 4.74 Å². The molecule has 2 heterocycles. The summed E-state index contributed by atoms with van der Waals surface area (Å²) in [5, 5.41) is 0.755. The first kappa shape index (κ1) is 22.2. The van der Waals surface area contributed by atoms with Crippen LogP contribution in [0.15, 0.2) is 41.3 Å². The van der Waals surface area contributed by atoms with E-state index in [1.807, 2.05) is 16.7 Å². The minimum absolute atomic E-state index is 0.141. The zero-order valence-electron chi connectivity index (χ0n) is 18.5. The van der Waals surface area contributed by atoms with Gasteiger partial charge in [0.15, 0.2) is 0 Å². The highest BCUT2D eigenvalue weighted by Crippen LogP contribution is 2.33. The third-order valence-electron chi connectivity index (χ3n) is 5.81. The molecule has 4 rings (SSSR count). The van der Waals surface area contributed by atoms with Crippen LogP contribution in [0.1, 0.15) is 42.4 Å². The monoisotopic (exact) mass is 454 g/mol. The number of ether oxygens (including phenoxy) is 1. The zero-order valence-corrected chi connectivity index (χ0v) is 20.2. The average Bonchev–Trinajstić information content (AvgIpc) is 3.21. The molecule has 6 heteroatoms. The lowest BCUT2D eigenvalue weighted by atomic mass is 10.1. The van der Waals surface area contributed by atoms with Crippen LogP contribution >= 0.6 is 23.1 Å². The first-order valence-corrected chi connectivity index (χ1v) is 12.8. The number of aromatic nitrogens is 1. The van der Waals surface area contributed by atoms with Crippen LogP contribution in [0.25, 0.3) is 10.2 Å². The van der Waals surface area contributed by atoms with Crippen molar-refractivity contribution < 1.29 is 9.53 Å². The smallest absolute Gasteiger partial charge is 0.274 e. The average molecular weight is 455 g/mol. The van der Waals surface area contributed by atoms with Crippen LogP contribution in [0.5, 0.6) is 5.19 Å². The minimum atomic E-state index is 0.141. The highest BCUT2D eigenvalue weighted by molar-refractivity contribution is 7.99. The van der Waals surface area contributed by atoms with Gasteiger partial charge in [0, 0.05) is 37.2 Å². The molecule has 0 spiro atoms. The van der Waals surface area contributed by atoms with Gasteiger partial charge in [-0.25, -0.2) is 4.98 Å². The maximum atomic E-state index is 12.6. The maximum Gasteiger partial charge on any atom is 0.274 e. The van der Waals surface area contributed by atoms with Gasteiger partial charge in [0.25, 0.3) is 5.19 Å². The normalized spacial score (nSPS) is 14.9. The Hall–Kier alpha value is -2.05. The Bertz CT molecular complexity index is 999. The molecule has 1 amide bonds. The van der Waals surface area contributed by atoms with E-state index in [1.54, 1.807) is 11.3 Å². The number of hydrogen-bond acceptors (Lipinski definition) is 5. The number of carbonyl (C=O) groups excluding carboxylic acids is 1. The van der Waals surface area contributed by atoms with Crippen LogP contribution in [0.2, 0.25) is 0 Å². The third-order valence-corrected chi connectivity index (χ3v) is 7.99. The van der Waals surface area contributed by atoms with E-state index in [0.717, 1.165) is 48.8 Å². The summed E-state index contributed by atoms with van der Waals surface area (Å²) in [4.78, 5) is 20.6. The lowest BCUT2D eigenvalue weighted by Crippen LogP contribution is -2.41. The molecule has 0 aliphatic carbocycles. The third kappa shape index (κ3) is 5.60. The van der Waals surface area contributed by atoms with Crippen molar-refractivity contribution in [2.24, 2.45) is 0 Å². The maximum absolute atomic E-state index is 12.6. The first-order chi connectivity index (χ1) is 15.0. The molecule has 0 unspecified atom stereocenters. The van der Waals surface area contributed by atoms with Crippen molar-refractivity contribution in [2.75, 3.05) is 18.8 Å². The second kappa shape index (κ2) is 10.0. The molecule has 0 saturated carbocycles. The Morgan fingerprint density at radius 2 is 1.81 bits per heavy atom. The Kier molecular flexibility index (Phi) is 7.18. The Balaban J connectivity index is 1.20. The molecule has 0 bridgehead atoms. The van der Waals surface area contributed by atoms with Gasteiger partial charge in [-0.3, -0.25) is 4.79 Å². The fourth-order valence-corrected chi connectivity index (χ4v) is 5.74. The summed E-state index contributed by atoms with van der Waals surface area (Å²) in [6, 6.07) is 12.8. The molecule has 2 aromatic carbocycles. The van der Waals surface area contributed by atoms with Crippen LogP contribution in [0.3, 0.4) is 0 Å². The molecule has 31 heavy (non-hydrogen) atoms. The molecule has 1 aliphatic heterocycles. The van der Waals surface area contributed by atoms with E-state index >= 15 is 0 Å². The lowest BCUT2D eigenvalue weighted by molar-refractivity contribution is -0.133. The molecule has 1 aliphatic rings. The molecule has 0 radical (unpaired) electrons.